The van der Waals surface area contributed by atoms with E-state index in [9.17, 15) is 29.4 Å². The zero-order valence-corrected chi connectivity index (χ0v) is 15.4. The first kappa shape index (κ1) is 19.9. The average Bonchev–Trinajstić information content (AvgIpc) is 2.60. The quantitative estimate of drug-likeness (QED) is 0.541. The standard InChI is InChI=1S/C18H16O8Si/c1-27(2,9-3-5-11(15(19)20)13(7-9)17(23)24)10-4-6-12(16(21)22)14(8-10)18(25)26/h3-8H,1-2H3,(H,19,20)(H,21,22)(H,23,24)(H,25,26). The lowest BCUT2D eigenvalue weighted by Crippen LogP contribution is -2.53. The van der Waals surface area contributed by atoms with Crippen molar-refractivity contribution in [1.82, 2.24) is 0 Å². The highest BCUT2D eigenvalue weighted by atomic mass is 28.3. The van der Waals surface area contributed by atoms with Crippen molar-refractivity contribution in [2.24, 2.45) is 0 Å². The van der Waals surface area contributed by atoms with Crippen molar-refractivity contribution in [3.8, 4) is 0 Å². The minimum Gasteiger partial charge on any atom is -0.478 e. The molecule has 2 aromatic carbocycles. The third-order valence-electron chi connectivity index (χ3n) is 4.40. The van der Waals surface area contributed by atoms with Crippen molar-refractivity contribution < 1.29 is 39.6 Å². The molecule has 0 heterocycles. The minimum absolute atomic E-state index is 0.344. The van der Waals surface area contributed by atoms with Gasteiger partial charge in [0.05, 0.1) is 22.3 Å². The molecule has 0 bridgehead atoms. The summed E-state index contributed by atoms with van der Waals surface area (Å²) < 4.78 is 0. The average molecular weight is 388 g/mol. The van der Waals surface area contributed by atoms with Gasteiger partial charge in [0.2, 0.25) is 0 Å². The Balaban J connectivity index is 2.65. The van der Waals surface area contributed by atoms with Crippen LogP contribution in [0.2, 0.25) is 13.1 Å². The monoisotopic (exact) mass is 388 g/mol. The van der Waals surface area contributed by atoms with Crippen LogP contribution in [0.5, 0.6) is 0 Å². The Morgan fingerprint density at radius 2 is 0.889 bits per heavy atom. The molecule has 8 nitrogen and oxygen atoms in total. The molecule has 0 aromatic heterocycles. The molecule has 4 N–H and O–H groups in total. The van der Waals surface area contributed by atoms with E-state index in [2.05, 4.69) is 0 Å². The second-order valence-electron chi connectivity index (χ2n) is 6.37. The van der Waals surface area contributed by atoms with Crippen LogP contribution in [0.4, 0.5) is 0 Å². The summed E-state index contributed by atoms with van der Waals surface area (Å²) in [6.45, 7) is 3.66. The third kappa shape index (κ3) is 3.72. The number of carboxylic acids is 4. The van der Waals surface area contributed by atoms with E-state index in [0.29, 0.717) is 10.4 Å². The SMILES string of the molecule is C[Si](C)(c1ccc(C(=O)O)c(C(=O)O)c1)c1ccc(C(=O)O)c(C(=O)O)c1. The molecule has 0 fully saturated rings. The Morgan fingerprint density at radius 3 is 1.15 bits per heavy atom. The molecule has 140 valence electrons. The maximum absolute atomic E-state index is 11.4. The normalized spacial score (nSPS) is 11.0. The topological polar surface area (TPSA) is 149 Å². The molecular weight excluding hydrogens is 372 g/mol. The Labute approximate surface area is 154 Å². The highest BCUT2D eigenvalue weighted by Crippen LogP contribution is 2.15. The summed E-state index contributed by atoms with van der Waals surface area (Å²) in [4.78, 5) is 45.2. The fourth-order valence-electron chi connectivity index (χ4n) is 2.76. The molecule has 27 heavy (non-hydrogen) atoms. The zero-order valence-electron chi connectivity index (χ0n) is 14.4. The molecular formula is C18H16O8Si. The van der Waals surface area contributed by atoms with Gasteiger partial charge in [-0.3, -0.25) is 0 Å². The molecule has 0 aliphatic carbocycles. The summed E-state index contributed by atoms with van der Waals surface area (Å²) in [5, 5.41) is 38.0. The van der Waals surface area contributed by atoms with E-state index in [4.69, 9.17) is 10.2 Å². The van der Waals surface area contributed by atoms with Crippen molar-refractivity contribution in [2.45, 2.75) is 13.1 Å². The lowest BCUT2D eigenvalue weighted by Gasteiger charge is -2.25. The molecule has 0 saturated heterocycles. The smallest absolute Gasteiger partial charge is 0.336 e. The molecule has 0 aliphatic rings. The Kier molecular flexibility index (Phi) is 5.18. The van der Waals surface area contributed by atoms with Gasteiger partial charge in [0.25, 0.3) is 0 Å². The van der Waals surface area contributed by atoms with Gasteiger partial charge in [0.1, 0.15) is 8.07 Å². The number of benzene rings is 2. The van der Waals surface area contributed by atoms with E-state index in [-0.39, 0.29) is 22.3 Å². The fourth-order valence-corrected chi connectivity index (χ4v) is 5.10. The molecule has 0 aliphatic heterocycles. The molecule has 9 heteroatoms. The van der Waals surface area contributed by atoms with Crippen LogP contribution in [0.15, 0.2) is 36.4 Å². The van der Waals surface area contributed by atoms with Crippen molar-refractivity contribution >= 4 is 42.3 Å². The highest BCUT2D eigenvalue weighted by molar-refractivity contribution is 7.00. The van der Waals surface area contributed by atoms with Crippen molar-refractivity contribution in [3.05, 3.63) is 58.7 Å². The Hall–Kier alpha value is -3.46. The van der Waals surface area contributed by atoms with E-state index in [0.717, 1.165) is 0 Å². The van der Waals surface area contributed by atoms with Crippen LogP contribution in [0.1, 0.15) is 41.4 Å². The predicted octanol–water partition coefficient (Wildman–Crippen LogP) is 1.30. The molecule has 0 atom stereocenters. The van der Waals surface area contributed by atoms with Crippen molar-refractivity contribution in [2.75, 3.05) is 0 Å². The number of hydrogen-bond acceptors (Lipinski definition) is 4. The first-order valence-electron chi connectivity index (χ1n) is 7.69. The van der Waals surface area contributed by atoms with Crippen LogP contribution in [-0.4, -0.2) is 52.4 Å². The molecule has 2 rings (SSSR count). The summed E-state index contributed by atoms with van der Waals surface area (Å²) >= 11 is 0. The van der Waals surface area contributed by atoms with Crippen molar-refractivity contribution in [3.63, 3.8) is 0 Å². The highest BCUT2D eigenvalue weighted by Gasteiger charge is 2.30. The van der Waals surface area contributed by atoms with Gasteiger partial charge in [-0.25, -0.2) is 19.2 Å². The molecule has 0 radical (unpaired) electrons. The maximum Gasteiger partial charge on any atom is 0.336 e. The van der Waals surface area contributed by atoms with Gasteiger partial charge in [-0.1, -0.05) is 35.6 Å². The van der Waals surface area contributed by atoms with Gasteiger partial charge < -0.3 is 20.4 Å². The molecule has 0 saturated carbocycles. The Morgan fingerprint density at radius 1 is 0.593 bits per heavy atom. The zero-order chi connectivity index (χ0) is 20.5. The van der Waals surface area contributed by atoms with Crippen LogP contribution < -0.4 is 10.4 Å². The summed E-state index contributed by atoms with van der Waals surface area (Å²) in [6.07, 6.45) is 0. The van der Waals surface area contributed by atoms with Gasteiger partial charge in [-0.2, -0.15) is 0 Å². The lowest BCUT2D eigenvalue weighted by molar-refractivity contribution is 0.0651. The van der Waals surface area contributed by atoms with E-state index >= 15 is 0 Å². The van der Waals surface area contributed by atoms with Crippen LogP contribution in [0.25, 0.3) is 0 Å². The number of rotatable bonds is 6. The second-order valence-corrected chi connectivity index (χ2v) is 10.8. The summed E-state index contributed by atoms with van der Waals surface area (Å²) in [7, 11) is -2.64. The first-order chi connectivity index (χ1) is 12.5. The number of aromatic carboxylic acids is 4. The van der Waals surface area contributed by atoms with Crippen LogP contribution in [-0.2, 0) is 0 Å². The van der Waals surface area contributed by atoms with Crippen LogP contribution >= 0.6 is 0 Å². The van der Waals surface area contributed by atoms with E-state index in [1.807, 2.05) is 13.1 Å². The molecule has 2 aromatic rings. The predicted molar refractivity (Wildman–Crippen MR) is 97.5 cm³/mol. The van der Waals surface area contributed by atoms with Gasteiger partial charge in [-0.05, 0) is 24.3 Å². The maximum atomic E-state index is 11.4. The summed E-state index contributed by atoms with van der Waals surface area (Å²) in [6, 6.07) is 7.99. The van der Waals surface area contributed by atoms with Gasteiger partial charge in [0.15, 0.2) is 0 Å². The number of carbonyl (C=O) groups is 4. The van der Waals surface area contributed by atoms with Crippen LogP contribution in [0.3, 0.4) is 0 Å². The van der Waals surface area contributed by atoms with Crippen molar-refractivity contribution in [1.29, 1.82) is 0 Å². The van der Waals surface area contributed by atoms with Gasteiger partial charge in [0, 0.05) is 0 Å². The third-order valence-corrected chi connectivity index (χ3v) is 7.91. The van der Waals surface area contributed by atoms with Gasteiger partial charge in [-0.15, -0.1) is 0 Å². The molecule has 0 amide bonds. The summed E-state index contributed by atoms with van der Waals surface area (Å²) in [5.74, 6) is -5.49. The second kappa shape index (κ2) is 7.04. The van der Waals surface area contributed by atoms with E-state index in [1.54, 1.807) is 0 Å². The van der Waals surface area contributed by atoms with E-state index < -0.39 is 32.0 Å². The lowest BCUT2D eigenvalue weighted by atomic mass is 10.1. The number of carboxylic acid groups (broad SMARTS) is 4. The fraction of sp³-hybridized carbons (Fsp3) is 0.111. The molecule has 0 unspecified atom stereocenters. The van der Waals surface area contributed by atoms with Crippen LogP contribution in [0, 0.1) is 0 Å². The Bertz CT molecular complexity index is 900. The largest absolute Gasteiger partial charge is 0.478 e. The molecule has 0 spiro atoms. The van der Waals surface area contributed by atoms with Gasteiger partial charge >= 0.3 is 23.9 Å². The van der Waals surface area contributed by atoms with E-state index in [1.165, 1.54) is 36.4 Å². The first-order valence-corrected chi connectivity index (χ1v) is 10.7. The minimum atomic E-state index is -2.64. The summed E-state index contributed by atoms with van der Waals surface area (Å²) in [5.41, 5.74) is -1.41. The number of hydrogen-bond donors (Lipinski definition) is 4.